The maximum Gasteiger partial charge on any atom is 0.517 e. The molecule has 3 heteroatoms. The van der Waals surface area contributed by atoms with Crippen molar-refractivity contribution in [1.29, 1.82) is 0 Å². The summed E-state index contributed by atoms with van der Waals surface area (Å²) in [6.07, 6.45) is -0.181. The number of esters is 1. The summed E-state index contributed by atoms with van der Waals surface area (Å²) in [5, 5.41) is 0. The zero-order chi connectivity index (χ0) is 6.85. The van der Waals surface area contributed by atoms with E-state index >= 15 is 0 Å². The molecule has 0 amide bonds. The highest BCUT2D eigenvalue weighted by Crippen LogP contribution is 2.11. The Labute approximate surface area is 54.3 Å². The van der Waals surface area contributed by atoms with Crippen LogP contribution in [-0.2, 0) is 13.9 Å². The quantitative estimate of drug-likeness (QED) is 0.353. The SMILES string of the molecule is C[O+]=C1OC(C)OC1C. The van der Waals surface area contributed by atoms with Gasteiger partial charge in [-0.25, -0.2) is 0 Å². The molecule has 0 saturated carbocycles. The summed E-state index contributed by atoms with van der Waals surface area (Å²) in [6, 6.07) is 0. The summed E-state index contributed by atoms with van der Waals surface area (Å²) < 4.78 is 15.1. The molecule has 1 aliphatic rings. The van der Waals surface area contributed by atoms with Crippen LogP contribution in [0.3, 0.4) is 0 Å². The molecule has 0 aliphatic carbocycles. The van der Waals surface area contributed by atoms with Gasteiger partial charge in [0, 0.05) is 6.92 Å². The highest BCUT2D eigenvalue weighted by Gasteiger charge is 2.38. The molecule has 0 bridgehead atoms. The molecule has 9 heavy (non-hydrogen) atoms. The molecule has 1 rings (SSSR count). The predicted octanol–water partition coefficient (Wildman–Crippen LogP) is 0.460. The van der Waals surface area contributed by atoms with Gasteiger partial charge in [-0.05, 0) is 6.92 Å². The fourth-order valence-electron chi connectivity index (χ4n) is 0.844. The molecule has 2 atom stereocenters. The van der Waals surface area contributed by atoms with E-state index in [4.69, 9.17) is 13.9 Å². The highest BCUT2D eigenvalue weighted by molar-refractivity contribution is 5.75. The lowest BCUT2D eigenvalue weighted by atomic mass is 10.4. The molecule has 2 unspecified atom stereocenters. The van der Waals surface area contributed by atoms with Crippen LogP contribution in [0.1, 0.15) is 13.8 Å². The molecule has 1 fully saturated rings. The van der Waals surface area contributed by atoms with Gasteiger partial charge in [0.25, 0.3) is 6.29 Å². The van der Waals surface area contributed by atoms with Crippen LogP contribution in [0.4, 0.5) is 0 Å². The first-order valence-electron chi connectivity index (χ1n) is 2.97. The Bertz CT molecular complexity index is 130. The van der Waals surface area contributed by atoms with Gasteiger partial charge in [0.2, 0.25) is 6.10 Å². The van der Waals surface area contributed by atoms with Crippen LogP contribution in [0.2, 0.25) is 0 Å². The molecule has 3 nitrogen and oxygen atoms in total. The van der Waals surface area contributed by atoms with Crippen molar-refractivity contribution in [2.45, 2.75) is 26.2 Å². The third kappa shape index (κ3) is 1.21. The van der Waals surface area contributed by atoms with E-state index < -0.39 is 0 Å². The van der Waals surface area contributed by atoms with E-state index in [-0.39, 0.29) is 12.4 Å². The first kappa shape index (κ1) is 6.55. The number of hydrogen-bond acceptors (Lipinski definition) is 2. The molecule has 1 aliphatic heterocycles. The second-order valence-electron chi connectivity index (χ2n) is 1.99. The van der Waals surface area contributed by atoms with Crippen LogP contribution in [0.5, 0.6) is 0 Å². The van der Waals surface area contributed by atoms with E-state index in [0.29, 0.717) is 5.97 Å². The van der Waals surface area contributed by atoms with Crippen molar-refractivity contribution in [1.82, 2.24) is 0 Å². The van der Waals surface area contributed by atoms with Crippen LogP contribution in [0.15, 0.2) is 0 Å². The maximum atomic E-state index is 5.18. The molecule has 1 saturated heterocycles. The number of hydrogen-bond donors (Lipinski definition) is 0. The number of ether oxygens (including phenoxy) is 2. The van der Waals surface area contributed by atoms with Gasteiger partial charge in [-0.2, -0.15) is 0 Å². The molecule has 52 valence electrons. The monoisotopic (exact) mass is 131 g/mol. The Hall–Kier alpha value is -0.570. The van der Waals surface area contributed by atoms with Gasteiger partial charge >= 0.3 is 5.97 Å². The number of carbonyl (C=O) groups excluding carboxylic acids is 1. The topological polar surface area (TPSA) is 29.8 Å². The second kappa shape index (κ2) is 2.35. The molecule has 0 spiro atoms. The molecule has 0 aromatic heterocycles. The third-order valence-corrected chi connectivity index (χ3v) is 1.21. The molecular formula is C6H11O3+. The van der Waals surface area contributed by atoms with Gasteiger partial charge in [0.15, 0.2) is 7.11 Å². The average molecular weight is 131 g/mol. The largest absolute Gasteiger partial charge is 0.517 e. The van der Waals surface area contributed by atoms with Crippen molar-refractivity contribution in [3.8, 4) is 0 Å². The lowest BCUT2D eigenvalue weighted by Crippen LogP contribution is -2.12. The normalized spacial score (nSPS) is 39.2. The van der Waals surface area contributed by atoms with Gasteiger partial charge in [-0.3, -0.25) is 9.47 Å². The summed E-state index contributed by atoms with van der Waals surface area (Å²) >= 11 is 0. The molecule has 0 aromatic rings. The minimum atomic E-state index is -0.157. The van der Waals surface area contributed by atoms with Crippen molar-refractivity contribution in [3.63, 3.8) is 0 Å². The van der Waals surface area contributed by atoms with E-state index in [2.05, 4.69) is 0 Å². The van der Waals surface area contributed by atoms with Crippen LogP contribution in [-0.4, -0.2) is 25.5 Å². The lowest BCUT2D eigenvalue weighted by Gasteiger charge is -1.89. The second-order valence-corrected chi connectivity index (χ2v) is 1.99. The predicted molar refractivity (Wildman–Crippen MR) is 32.0 cm³/mol. The number of rotatable bonds is 0. The van der Waals surface area contributed by atoms with Crippen LogP contribution < -0.4 is 0 Å². The highest BCUT2D eigenvalue weighted by atomic mass is 16.8. The number of cyclic esters (lactones) is 1. The maximum absolute atomic E-state index is 5.18. The molecule has 0 aromatic carbocycles. The molecule has 0 N–H and O–H groups in total. The summed E-state index contributed by atoms with van der Waals surface area (Å²) in [7, 11) is 1.58. The van der Waals surface area contributed by atoms with E-state index in [0.717, 1.165) is 0 Å². The van der Waals surface area contributed by atoms with Crippen LogP contribution in [0.25, 0.3) is 0 Å². The molecule has 1 heterocycles. The Morgan fingerprint density at radius 2 is 2.11 bits per heavy atom. The Morgan fingerprint density at radius 1 is 1.44 bits per heavy atom. The first-order valence-corrected chi connectivity index (χ1v) is 2.97. The first-order chi connectivity index (χ1) is 4.24. The van der Waals surface area contributed by atoms with Crippen molar-refractivity contribution in [2.75, 3.05) is 7.11 Å². The van der Waals surface area contributed by atoms with Crippen LogP contribution in [0, 0.1) is 0 Å². The van der Waals surface area contributed by atoms with Gasteiger partial charge in [-0.1, -0.05) is 0 Å². The van der Waals surface area contributed by atoms with Crippen molar-refractivity contribution in [2.24, 2.45) is 0 Å². The van der Waals surface area contributed by atoms with E-state index in [9.17, 15) is 0 Å². The van der Waals surface area contributed by atoms with E-state index in [1.165, 1.54) is 0 Å². The van der Waals surface area contributed by atoms with Crippen molar-refractivity contribution >= 4 is 5.97 Å². The standard InChI is InChI=1S/C6H11O3/c1-4-6(7-3)9-5(2)8-4/h4-5H,1-3H3/q+1. The zero-order valence-corrected chi connectivity index (χ0v) is 5.88. The summed E-state index contributed by atoms with van der Waals surface area (Å²) in [5.74, 6) is 0.572. The lowest BCUT2D eigenvalue weighted by molar-refractivity contribution is -0.432. The third-order valence-electron chi connectivity index (χ3n) is 1.21. The van der Waals surface area contributed by atoms with Gasteiger partial charge < -0.3 is 4.42 Å². The van der Waals surface area contributed by atoms with Gasteiger partial charge in [-0.15, -0.1) is 0 Å². The smallest absolute Gasteiger partial charge is 0.323 e. The Kier molecular flexibility index (Phi) is 1.71. The fourth-order valence-corrected chi connectivity index (χ4v) is 0.844. The summed E-state index contributed by atoms with van der Waals surface area (Å²) in [6.45, 7) is 3.73. The van der Waals surface area contributed by atoms with Crippen molar-refractivity contribution in [3.05, 3.63) is 0 Å². The van der Waals surface area contributed by atoms with Crippen LogP contribution >= 0.6 is 0 Å². The molecule has 0 radical (unpaired) electrons. The van der Waals surface area contributed by atoms with Gasteiger partial charge in [0.1, 0.15) is 0 Å². The zero-order valence-electron chi connectivity index (χ0n) is 5.88. The van der Waals surface area contributed by atoms with Crippen molar-refractivity contribution < 1.29 is 13.9 Å². The summed E-state index contributed by atoms with van der Waals surface area (Å²) in [4.78, 5) is 0. The Morgan fingerprint density at radius 3 is 2.33 bits per heavy atom. The van der Waals surface area contributed by atoms with Gasteiger partial charge in [0.05, 0.1) is 0 Å². The average Bonchev–Trinajstić information content (AvgIpc) is 2.10. The minimum Gasteiger partial charge on any atom is -0.323 e. The Balaban J connectivity index is 2.58. The fraction of sp³-hybridized carbons (Fsp3) is 0.833. The van der Waals surface area contributed by atoms with E-state index in [1.807, 2.05) is 13.8 Å². The molecular weight excluding hydrogens is 120 g/mol. The minimum absolute atomic E-state index is 0.0231. The van der Waals surface area contributed by atoms with E-state index in [1.54, 1.807) is 7.11 Å². The summed E-state index contributed by atoms with van der Waals surface area (Å²) in [5.41, 5.74) is 0.